The Morgan fingerprint density at radius 2 is 1.65 bits per heavy atom. The average Bonchev–Trinajstić information content (AvgIpc) is 2.61. The maximum absolute atomic E-state index is 5.93. The van der Waals surface area contributed by atoms with Gasteiger partial charge in [-0.25, -0.2) is 9.97 Å². The van der Waals surface area contributed by atoms with E-state index < -0.39 is 0 Å². The fraction of sp³-hybridized carbons (Fsp3) is 0.136. The molecular formula is C22H20N4. The van der Waals surface area contributed by atoms with Crippen molar-refractivity contribution in [3.8, 4) is 22.4 Å². The number of aromatic nitrogens is 3. The Morgan fingerprint density at radius 1 is 0.885 bits per heavy atom. The zero-order valence-corrected chi connectivity index (χ0v) is 15.1. The number of pyridine rings is 1. The third-order valence-corrected chi connectivity index (χ3v) is 4.64. The quantitative estimate of drug-likeness (QED) is 0.565. The zero-order valence-electron chi connectivity index (χ0n) is 15.1. The maximum atomic E-state index is 5.93. The monoisotopic (exact) mass is 340 g/mol. The van der Waals surface area contributed by atoms with Gasteiger partial charge in [0, 0.05) is 28.9 Å². The summed E-state index contributed by atoms with van der Waals surface area (Å²) in [5.41, 5.74) is 14.5. The lowest BCUT2D eigenvalue weighted by atomic mass is 9.92. The molecule has 0 aliphatic carbocycles. The lowest BCUT2D eigenvalue weighted by Crippen LogP contribution is -2.01. The number of rotatable bonds is 2. The normalized spacial score (nSPS) is 11.0. The molecule has 4 rings (SSSR count). The van der Waals surface area contributed by atoms with Gasteiger partial charge < -0.3 is 5.73 Å². The first-order chi connectivity index (χ1) is 12.5. The van der Waals surface area contributed by atoms with Crippen LogP contribution in [0.3, 0.4) is 0 Å². The predicted octanol–water partition coefficient (Wildman–Crippen LogP) is 4.87. The van der Waals surface area contributed by atoms with Crippen LogP contribution < -0.4 is 5.73 Å². The molecule has 26 heavy (non-hydrogen) atoms. The minimum atomic E-state index is 0.283. The van der Waals surface area contributed by atoms with E-state index >= 15 is 0 Å². The van der Waals surface area contributed by atoms with Gasteiger partial charge in [0.25, 0.3) is 0 Å². The van der Waals surface area contributed by atoms with Gasteiger partial charge >= 0.3 is 0 Å². The minimum Gasteiger partial charge on any atom is -0.368 e. The number of nitrogens with two attached hydrogens (primary N) is 1. The number of nitrogens with zero attached hydrogens (tertiary/aromatic N) is 3. The van der Waals surface area contributed by atoms with Gasteiger partial charge in [-0.2, -0.15) is 0 Å². The van der Waals surface area contributed by atoms with Crippen molar-refractivity contribution >= 4 is 16.9 Å². The van der Waals surface area contributed by atoms with E-state index in [-0.39, 0.29) is 5.95 Å². The van der Waals surface area contributed by atoms with Crippen LogP contribution in [-0.4, -0.2) is 15.0 Å². The highest BCUT2D eigenvalue weighted by Crippen LogP contribution is 2.35. The Balaban J connectivity index is 1.98. The highest BCUT2D eigenvalue weighted by molar-refractivity contribution is 5.89. The number of hydrogen-bond acceptors (Lipinski definition) is 4. The van der Waals surface area contributed by atoms with Crippen LogP contribution in [0.5, 0.6) is 0 Å². The number of nitrogen functional groups attached to an aromatic ring is 1. The summed E-state index contributed by atoms with van der Waals surface area (Å²) in [5, 5.41) is 1.09. The highest BCUT2D eigenvalue weighted by Gasteiger charge is 2.16. The Kier molecular flexibility index (Phi) is 3.88. The van der Waals surface area contributed by atoms with E-state index in [4.69, 9.17) is 5.73 Å². The summed E-state index contributed by atoms with van der Waals surface area (Å²) < 4.78 is 0. The van der Waals surface area contributed by atoms with E-state index in [0.29, 0.717) is 0 Å². The van der Waals surface area contributed by atoms with E-state index in [1.54, 1.807) is 6.20 Å². The third kappa shape index (κ3) is 2.80. The number of benzene rings is 2. The molecule has 0 spiro atoms. The Labute approximate surface area is 152 Å². The van der Waals surface area contributed by atoms with Crippen LogP contribution in [0.15, 0.2) is 54.9 Å². The zero-order chi connectivity index (χ0) is 18.3. The van der Waals surface area contributed by atoms with Gasteiger partial charge in [-0.05, 0) is 55.7 Å². The summed E-state index contributed by atoms with van der Waals surface area (Å²) in [5.74, 6) is 0.283. The third-order valence-electron chi connectivity index (χ3n) is 4.64. The van der Waals surface area contributed by atoms with Crippen molar-refractivity contribution in [1.82, 2.24) is 15.0 Å². The van der Waals surface area contributed by atoms with E-state index in [9.17, 15) is 0 Å². The number of fused-ring (bicyclic) bond motifs is 1. The summed E-state index contributed by atoms with van der Waals surface area (Å²) in [4.78, 5) is 13.2. The largest absolute Gasteiger partial charge is 0.368 e. The number of aryl methyl sites for hydroxylation is 3. The minimum absolute atomic E-state index is 0.283. The van der Waals surface area contributed by atoms with Crippen LogP contribution in [0.1, 0.15) is 16.7 Å². The molecule has 0 saturated heterocycles. The number of hydrogen-bond donors (Lipinski definition) is 1. The summed E-state index contributed by atoms with van der Waals surface area (Å²) in [6.07, 6.45) is 3.62. The molecule has 0 radical (unpaired) electrons. The van der Waals surface area contributed by atoms with Gasteiger partial charge in [0.1, 0.15) is 0 Å². The summed E-state index contributed by atoms with van der Waals surface area (Å²) in [7, 11) is 0. The average molecular weight is 340 g/mol. The Bertz CT molecular complexity index is 1110. The molecule has 0 unspecified atom stereocenters. The van der Waals surface area contributed by atoms with Crippen molar-refractivity contribution in [2.45, 2.75) is 20.8 Å². The van der Waals surface area contributed by atoms with E-state index in [1.807, 2.05) is 18.3 Å². The smallest absolute Gasteiger partial charge is 0.220 e. The lowest BCUT2D eigenvalue weighted by molar-refractivity contribution is 1.18. The number of anilines is 1. The molecule has 0 aliphatic heterocycles. The molecule has 0 atom stereocenters. The SMILES string of the molecule is Cc1cc(C)c(-c2nc(N)ncc2-c2ccc3ncccc3c2)c(C)c1. The standard InChI is InChI=1S/C22H20N4/c1-13-9-14(2)20(15(3)10-13)21-18(12-25-22(23)26-21)16-6-7-19-17(11-16)5-4-8-24-19/h4-12H,1-3H3,(H2,23,25,26). The second-order valence-corrected chi connectivity index (χ2v) is 6.68. The van der Waals surface area contributed by atoms with Crippen LogP contribution in [0.4, 0.5) is 5.95 Å². The molecule has 0 aliphatic rings. The van der Waals surface area contributed by atoms with Crippen molar-refractivity contribution in [3.05, 3.63) is 71.5 Å². The van der Waals surface area contributed by atoms with Crippen LogP contribution >= 0.6 is 0 Å². The summed E-state index contributed by atoms with van der Waals surface area (Å²) in [6.45, 7) is 6.33. The Morgan fingerprint density at radius 3 is 2.42 bits per heavy atom. The lowest BCUT2D eigenvalue weighted by Gasteiger charge is -2.15. The molecule has 4 nitrogen and oxygen atoms in total. The predicted molar refractivity (Wildman–Crippen MR) is 107 cm³/mol. The molecule has 2 aromatic heterocycles. The van der Waals surface area contributed by atoms with Gasteiger partial charge in [-0.1, -0.05) is 29.8 Å². The molecular weight excluding hydrogens is 320 g/mol. The van der Waals surface area contributed by atoms with Crippen molar-refractivity contribution < 1.29 is 0 Å². The van der Waals surface area contributed by atoms with Gasteiger partial charge in [-0.15, -0.1) is 0 Å². The van der Waals surface area contributed by atoms with Crippen molar-refractivity contribution in [3.63, 3.8) is 0 Å². The second kappa shape index (κ2) is 6.23. The van der Waals surface area contributed by atoms with E-state index in [0.717, 1.165) is 33.3 Å². The van der Waals surface area contributed by atoms with Gasteiger partial charge in [0.2, 0.25) is 5.95 Å². The van der Waals surface area contributed by atoms with Crippen molar-refractivity contribution in [2.75, 3.05) is 5.73 Å². The van der Waals surface area contributed by atoms with E-state index in [2.05, 4.69) is 66.1 Å². The van der Waals surface area contributed by atoms with Crippen LogP contribution in [-0.2, 0) is 0 Å². The molecule has 0 bridgehead atoms. The topological polar surface area (TPSA) is 64.7 Å². The first-order valence-electron chi connectivity index (χ1n) is 8.59. The summed E-state index contributed by atoms with van der Waals surface area (Å²) >= 11 is 0. The molecule has 2 N–H and O–H groups in total. The Hall–Kier alpha value is -3.27. The van der Waals surface area contributed by atoms with Gasteiger partial charge in [0.05, 0.1) is 11.2 Å². The summed E-state index contributed by atoms with van der Waals surface area (Å²) in [6, 6.07) is 14.6. The van der Waals surface area contributed by atoms with Crippen LogP contribution in [0.2, 0.25) is 0 Å². The maximum Gasteiger partial charge on any atom is 0.220 e. The highest BCUT2D eigenvalue weighted by atomic mass is 15.0. The first kappa shape index (κ1) is 16.2. The molecule has 128 valence electrons. The van der Waals surface area contributed by atoms with Crippen LogP contribution in [0.25, 0.3) is 33.3 Å². The fourth-order valence-electron chi connectivity index (χ4n) is 3.59. The first-order valence-corrected chi connectivity index (χ1v) is 8.59. The molecule has 4 heteroatoms. The molecule has 2 heterocycles. The fourth-order valence-corrected chi connectivity index (χ4v) is 3.59. The van der Waals surface area contributed by atoms with Crippen molar-refractivity contribution in [2.24, 2.45) is 0 Å². The van der Waals surface area contributed by atoms with Crippen molar-refractivity contribution in [1.29, 1.82) is 0 Å². The van der Waals surface area contributed by atoms with Gasteiger partial charge in [0.15, 0.2) is 0 Å². The van der Waals surface area contributed by atoms with Gasteiger partial charge in [-0.3, -0.25) is 4.98 Å². The molecule has 4 aromatic rings. The molecule has 0 amide bonds. The molecule has 0 saturated carbocycles. The van der Waals surface area contributed by atoms with Crippen LogP contribution in [0, 0.1) is 20.8 Å². The molecule has 2 aromatic carbocycles. The molecule has 0 fully saturated rings. The van der Waals surface area contributed by atoms with E-state index in [1.165, 1.54) is 16.7 Å². The second-order valence-electron chi connectivity index (χ2n) is 6.68.